The molecule has 8 heteroatoms. The molecule has 0 unspecified atom stereocenters. The van der Waals surface area contributed by atoms with E-state index in [1.807, 2.05) is 14.0 Å². The molecule has 20 heavy (non-hydrogen) atoms. The molecule has 5 nitrogen and oxygen atoms in total. The van der Waals surface area contributed by atoms with Gasteiger partial charge in [0.05, 0.1) is 16.1 Å². The number of thiazole rings is 1. The molecule has 0 spiro atoms. The van der Waals surface area contributed by atoms with E-state index in [-0.39, 0.29) is 0 Å². The number of thiophene rings is 1. The second-order valence-corrected chi connectivity index (χ2v) is 8.38. The number of aromatic nitrogens is 1. The quantitative estimate of drug-likeness (QED) is 0.880. The molecule has 0 bridgehead atoms. The van der Waals surface area contributed by atoms with Gasteiger partial charge in [-0.2, -0.15) is 4.31 Å². The van der Waals surface area contributed by atoms with Crippen LogP contribution in [0.15, 0.2) is 21.9 Å². The summed E-state index contributed by atoms with van der Waals surface area (Å²) in [5, 5.41) is 4.71. The van der Waals surface area contributed by atoms with Crippen molar-refractivity contribution >= 4 is 32.7 Å². The van der Waals surface area contributed by atoms with E-state index < -0.39 is 10.0 Å². The van der Waals surface area contributed by atoms with Crippen LogP contribution in [0.4, 0.5) is 0 Å². The number of nitrogens with one attached hydrogen (secondary N) is 1. The Balaban J connectivity index is 2.18. The third-order valence-corrected chi connectivity index (χ3v) is 6.69. The molecule has 0 radical (unpaired) electrons. The van der Waals surface area contributed by atoms with Gasteiger partial charge in [0.1, 0.15) is 0 Å². The van der Waals surface area contributed by atoms with E-state index >= 15 is 0 Å². The normalized spacial score (nSPS) is 12.2. The van der Waals surface area contributed by atoms with Gasteiger partial charge in [0.25, 0.3) is 0 Å². The van der Waals surface area contributed by atoms with E-state index in [2.05, 4.69) is 10.3 Å². The maximum Gasteiger partial charge on any atom is 0.243 e. The monoisotopic (exact) mass is 331 g/mol. The summed E-state index contributed by atoms with van der Waals surface area (Å²) in [5.74, 6) is 0. The fraction of sp³-hybridized carbons (Fsp3) is 0.417. The predicted molar refractivity (Wildman–Crippen MR) is 82.6 cm³/mol. The van der Waals surface area contributed by atoms with Crippen molar-refractivity contribution < 1.29 is 8.42 Å². The van der Waals surface area contributed by atoms with Crippen molar-refractivity contribution in [2.24, 2.45) is 0 Å². The Labute approximate surface area is 127 Å². The number of hydrogen-bond acceptors (Lipinski definition) is 6. The number of rotatable bonds is 6. The van der Waals surface area contributed by atoms with E-state index in [1.54, 1.807) is 24.0 Å². The Morgan fingerprint density at radius 3 is 2.75 bits per heavy atom. The molecule has 0 saturated heterocycles. The van der Waals surface area contributed by atoms with Gasteiger partial charge in [-0.1, -0.05) is 0 Å². The zero-order valence-corrected chi connectivity index (χ0v) is 14.0. The zero-order valence-electron chi connectivity index (χ0n) is 11.6. The van der Waals surface area contributed by atoms with Crippen molar-refractivity contribution in [2.45, 2.75) is 24.9 Å². The average molecular weight is 331 g/mol. The second kappa shape index (κ2) is 6.31. The highest BCUT2D eigenvalue weighted by Gasteiger charge is 2.23. The minimum Gasteiger partial charge on any atom is -0.315 e. The Hall–Kier alpha value is -0.800. The van der Waals surface area contributed by atoms with Crippen molar-refractivity contribution in [2.75, 3.05) is 14.1 Å². The summed E-state index contributed by atoms with van der Waals surface area (Å²) in [6.45, 7) is 2.93. The summed E-state index contributed by atoms with van der Waals surface area (Å²) in [6, 6.07) is 1.73. The van der Waals surface area contributed by atoms with Gasteiger partial charge in [0.15, 0.2) is 0 Å². The molecule has 0 fully saturated rings. The van der Waals surface area contributed by atoms with E-state index in [9.17, 15) is 8.42 Å². The third kappa shape index (κ3) is 3.26. The van der Waals surface area contributed by atoms with Gasteiger partial charge in [-0.05, 0) is 20.0 Å². The molecule has 0 atom stereocenters. The minimum atomic E-state index is -3.43. The lowest BCUT2D eigenvalue weighted by molar-refractivity contribution is 0.469. The third-order valence-electron chi connectivity index (χ3n) is 2.90. The molecule has 110 valence electrons. The van der Waals surface area contributed by atoms with Crippen LogP contribution >= 0.6 is 22.7 Å². The molecule has 2 heterocycles. The van der Waals surface area contributed by atoms with Gasteiger partial charge in [-0.3, -0.25) is 0 Å². The van der Waals surface area contributed by atoms with E-state index in [4.69, 9.17) is 0 Å². The van der Waals surface area contributed by atoms with E-state index in [0.29, 0.717) is 18.0 Å². The molecule has 0 aliphatic heterocycles. The lowest BCUT2D eigenvalue weighted by Gasteiger charge is -2.15. The second-order valence-electron chi connectivity index (χ2n) is 4.40. The number of sulfonamides is 1. The van der Waals surface area contributed by atoms with Gasteiger partial charge < -0.3 is 5.32 Å². The smallest absolute Gasteiger partial charge is 0.243 e. The minimum absolute atomic E-state index is 0.357. The number of nitrogens with zero attached hydrogens (tertiary/aromatic N) is 2. The molecule has 0 aromatic carbocycles. The molecule has 1 N–H and O–H groups in total. The van der Waals surface area contributed by atoms with Crippen LogP contribution in [-0.2, 0) is 23.1 Å². The Bertz CT molecular complexity index is 676. The van der Waals surface area contributed by atoms with Gasteiger partial charge >= 0.3 is 0 Å². The Morgan fingerprint density at radius 1 is 1.40 bits per heavy atom. The van der Waals surface area contributed by atoms with Crippen LogP contribution in [0.2, 0.25) is 0 Å². The largest absolute Gasteiger partial charge is 0.315 e. The maximum atomic E-state index is 12.5. The van der Waals surface area contributed by atoms with Crippen LogP contribution in [0.25, 0.3) is 0 Å². The van der Waals surface area contributed by atoms with Gasteiger partial charge in [-0.15, -0.1) is 22.7 Å². The van der Waals surface area contributed by atoms with Crippen molar-refractivity contribution in [3.8, 4) is 0 Å². The Morgan fingerprint density at radius 2 is 2.15 bits per heavy atom. The van der Waals surface area contributed by atoms with Crippen molar-refractivity contribution in [1.29, 1.82) is 0 Å². The van der Waals surface area contributed by atoms with Gasteiger partial charge in [-0.25, -0.2) is 13.4 Å². The summed E-state index contributed by atoms with van der Waals surface area (Å²) < 4.78 is 26.3. The van der Waals surface area contributed by atoms with Crippen molar-refractivity contribution in [3.63, 3.8) is 0 Å². The van der Waals surface area contributed by atoms with Crippen molar-refractivity contribution in [3.05, 3.63) is 32.4 Å². The fourth-order valence-corrected chi connectivity index (χ4v) is 5.03. The van der Waals surface area contributed by atoms with Crippen molar-refractivity contribution in [1.82, 2.24) is 14.6 Å². The highest BCUT2D eigenvalue weighted by molar-refractivity contribution is 7.89. The van der Waals surface area contributed by atoms with Crippen LogP contribution in [-0.4, -0.2) is 31.8 Å². The lowest BCUT2D eigenvalue weighted by Crippen LogP contribution is -2.26. The summed E-state index contributed by atoms with van der Waals surface area (Å²) in [6.07, 6.45) is 0. The molecule has 0 aliphatic carbocycles. The summed E-state index contributed by atoms with van der Waals surface area (Å²) >= 11 is 2.93. The van der Waals surface area contributed by atoms with E-state index in [1.165, 1.54) is 27.0 Å². The molecule has 0 aliphatic rings. The highest BCUT2D eigenvalue weighted by atomic mass is 32.2. The Kier molecular flexibility index (Phi) is 4.92. The fourth-order valence-electron chi connectivity index (χ4n) is 1.71. The topological polar surface area (TPSA) is 62.3 Å². The van der Waals surface area contributed by atoms with Gasteiger partial charge in [0, 0.05) is 35.3 Å². The molecule has 2 aromatic heterocycles. The number of aryl methyl sites for hydroxylation is 1. The molecule has 0 saturated carbocycles. The molecule has 0 amide bonds. The highest BCUT2D eigenvalue weighted by Crippen LogP contribution is 2.24. The first-order valence-corrected chi connectivity index (χ1v) is 9.22. The SMILES string of the molecule is CNCc1cc(S(=O)(=O)N(C)Cc2scnc2C)cs1. The van der Waals surface area contributed by atoms with Gasteiger partial charge in [0.2, 0.25) is 10.0 Å². The number of hydrogen-bond donors (Lipinski definition) is 1. The van der Waals surface area contributed by atoms with Crippen LogP contribution < -0.4 is 5.32 Å². The van der Waals surface area contributed by atoms with Crippen LogP contribution in [0.5, 0.6) is 0 Å². The molecular formula is C12H17N3O2S3. The molecule has 2 rings (SSSR count). The first kappa shape index (κ1) is 15.6. The van der Waals surface area contributed by atoms with Crippen LogP contribution in [0.3, 0.4) is 0 Å². The summed E-state index contributed by atoms with van der Waals surface area (Å²) in [5.41, 5.74) is 2.62. The first-order chi connectivity index (χ1) is 9.45. The summed E-state index contributed by atoms with van der Waals surface area (Å²) in [4.78, 5) is 6.48. The average Bonchev–Trinajstić information content (AvgIpc) is 3.00. The molecule has 2 aromatic rings. The standard InChI is InChI=1S/C12H17N3O2S3/c1-9-12(19-8-14-9)6-15(3)20(16,17)11-4-10(5-13-2)18-7-11/h4,7-8,13H,5-6H2,1-3H3. The predicted octanol–water partition coefficient (Wildman–Crippen LogP) is 2.05. The van der Waals surface area contributed by atoms with E-state index in [0.717, 1.165) is 15.4 Å². The van der Waals surface area contributed by atoms with Crippen LogP contribution in [0, 0.1) is 6.92 Å². The first-order valence-electron chi connectivity index (χ1n) is 6.02. The molecular weight excluding hydrogens is 314 g/mol. The lowest BCUT2D eigenvalue weighted by atomic mass is 10.4. The maximum absolute atomic E-state index is 12.5. The van der Waals surface area contributed by atoms with Crippen LogP contribution in [0.1, 0.15) is 15.4 Å². The summed E-state index contributed by atoms with van der Waals surface area (Å²) in [7, 11) is 0.00652. The zero-order chi connectivity index (χ0) is 14.8.